The normalized spacial score (nSPS) is 10.1. The molecule has 0 aliphatic rings. The number of para-hydroxylation sites is 1. The summed E-state index contributed by atoms with van der Waals surface area (Å²) < 4.78 is 14.2. The van der Waals surface area contributed by atoms with Crippen LogP contribution < -0.4 is 10.6 Å². The molecule has 2 N–H and O–H groups in total. The minimum Gasteiger partial charge on any atom is -0.305 e. The summed E-state index contributed by atoms with van der Waals surface area (Å²) in [4.78, 5) is 24.2. The van der Waals surface area contributed by atoms with Crippen LogP contribution in [0.4, 0.5) is 14.9 Å². The number of urea groups is 1. The van der Waals surface area contributed by atoms with Crippen LogP contribution in [-0.4, -0.2) is 17.7 Å². The van der Waals surface area contributed by atoms with E-state index in [-0.39, 0.29) is 11.4 Å². The molecule has 0 saturated carbocycles. The van der Waals surface area contributed by atoms with Crippen LogP contribution in [-0.2, 0) is 4.79 Å². The first-order chi connectivity index (χ1) is 10.6. The highest BCUT2D eigenvalue weighted by molar-refractivity contribution is 9.10. The van der Waals surface area contributed by atoms with Crippen LogP contribution in [0, 0.1) is 5.82 Å². The van der Waals surface area contributed by atoms with E-state index in [4.69, 9.17) is 0 Å². The number of hydrogen-bond donors (Lipinski definition) is 2. The molecule has 3 amide bonds. The Balaban J connectivity index is 1.83. The first-order valence-electron chi connectivity index (χ1n) is 6.29. The third-order valence-electron chi connectivity index (χ3n) is 2.57. The van der Waals surface area contributed by atoms with Crippen LogP contribution in [0.3, 0.4) is 0 Å². The van der Waals surface area contributed by atoms with Crippen molar-refractivity contribution in [1.82, 2.24) is 5.32 Å². The van der Waals surface area contributed by atoms with Crippen LogP contribution in [0.1, 0.15) is 0 Å². The first-order valence-corrected chi connectivity index (χ1v) is 8.07. The van der Waals surface area contributed by atoms with E-state index >= 15 is 0 Å². The predicted molar refractivity (Wildman–Crippen MR) is 88.4 cm³/mol. The van der Waals surface area contributed by atoms with Gasteiger partial charge >= 0.3 is 6.03 Å². The molecule has 0 saturated heterocycles. The highest BCUT2D eigenvalue weighted by Crippen LogP contribution is 2.26. The fourth-order valence-electron chi connectivity index (χ4n) is 1.58. The molecule has 4 nitrogen and oxygen atoms in total. The van der Waals surface area contributed by atoms with E-state index in [0.29, 0.717) is 0 Å². The Labute approximate surface area is 139 Å². The summed E-state index contributed by atoms with van der Waals surface area (Å²) in [5, 5.41) is 4.44. The summed E-state index contributed by atoms with van der Waals surface area (Å²) in [6, 6.07) is 12.4. The Bertz CT molecular complexity index is 697. The fourth-order valence-corrected chi connectivity index (χ4v) is 2.95. The number of imide groups is 1. The molecule has 0 atom stereocenters. The van der Waals surface area contributed by atoms with Crippen molar-refractivity contribution in [1.29, 1.82) is 0 Å². The lowest BCUT2D eigenvalue weighted by atomic mass is 10.3. The zero-order chi connectivity index (χ0) is 15.9. The monoisotopic (exact) mass is 382 g/mol. The van der Waals surface area contributed by atoms with Gasteiger partial charge in [0.25, 0.3) is 0 Å². The second-order valence-corrected chi connectivity index (χ2v) is 6.07. The first kappa shape index (κ1) is 16.5. The van der Waals surface area contributed by atoms with Gasteiger partial charge in [0.1, 0.15) is 5.82 Å². The maximum Gasteiger partial charge on any atom is 0.325 e. The van der Waals surface area contributed by atoms with Crippen LogP contribution in [0.5, 0.6) is 0 Å². The van der Waals surface area contributed by atoms with Crippen molar-refractivity contribution < 1.29 is 14.0 Å². The molecule has 0 heterocycles. The Hall–Kier alpha value is -1.86. The maximum atomic E-state index is 13.4. The van der Waals surface area contributed by atoms with Gasteiger partial charge in [-0.2, -0.15) is 0 Å². The Morgan fingerprint density at radius 2 is 1.77 bits per heavy atom. The molecule has 0 radical (unpaired) electrons. The van der Waals surface area contributed by atoms with E-state index in [1.165, 1.54) is 30.0 Å². The molecule has 0 bridgehead atoms. The molecular weight excluding hydrogens is 371 g/mol. The molecule has 0 fully saturated rings. The topological polar surface area (TPSA) is 58.2 Å². The van der Waals surface area contributed by atoms with Crippen molar-refractivity contribution in [3.63, 3.8) is 0 Å². The lowest BCUT2D eigenvalue weighted by molar-refractivity contribution is -0.117. The van der Waals surface area contributed by atoms with E-state index in [0.717, 1.165) is 9.37 Å². The molecule has 114 valence electrons. The fraction of sp³-hybridized carbons (Fsp3) is 0.0667. The van der Waals surface area contributed by atoms with Gasteiger partial charge in [0.15, 0.2) is 0 Å². The number of rotatable bonds is 4. The van der Waals surface area contributed by atoms with E-state index in [2.05, 4.69) is 26.6 Å². The molecular formula is C15H12BrFN2O2S. The highest BCUT2D eigenvalue weighted by Gasteiger charge is 2.11. The van der Waals surface area contributed by atoms with Gasteiger partial charge in [-0.15, -0.1) is 11.8 Å². The molecule has 2 aromatic carbocycles. The smallest absolute Gasteiger partial charge is 0.305 e. The van der Waals surface area contributed by atoms with Gasteiger partial charge in [0.05, 0.1) is 11.4 Å². The van der Waals surface area contributed by atoms with Crippen LogP contribution >= 0.6 is 27.7 Å². The van der Waals surface area contributed by atoms with E-state index < -0.39 is 17.8 Å². The number of anilines is 1. The number of carbonyl (C=O) groups excluding carboxylic acids is 2. The van der Waals surface area contributed by atoms with Gasteiger partial charge in [-0.05, 0) is 40.2 Å². The minimum atomic E-state index is -0.761. The summed E-state index contributed by atoms with van der Waals surface area (Å²) in [6.07, 6.45) is 0. The summed E-state index contributed by atoms with van der Waals surface area (Å²) >= 11 is 4.67. The van der Waals surface area contributed by atoms with Crippen molar-refractivity contribution in [3.05, 3.63) is 58.8 Å². The number of carbonyl (C=O) groups is 2. The predicted octanol–water partition coefficient (Wildman–Crippen LogP) is 4.03. The minimum absolute atomic E-state index is 0.0197. The molecule has 0 spiro atoms. The van der Waals surface area contributed by atoms with Crippen LogP contribution in [0.15, 0.2) is 57.9 Å². The van der Waals surface area contributed by atoms with Gasteiger partial charge < -0.3 is 5.32 Å². The van der Waals surface area contributed by atoms with Crippen LogP contribution in [0.25, 0.3) is 0 Å². The number of hydrogen-bond acceptors (Lipinski definition) is 3. The average molecular weight is 383 g/mol. The van der Waals surface area contributed by atoms with E-state index in [1.54, 1.807) is 6.07 Å². The molecule has 0 aliphatic heterocycles. The second-order valence-electron chi connectivity index (χ2n) is 4.20. The summed E-state index contributed by atoms with van der Waals surface area (Å²) in [5.74, 6) is -0.949. The molecule has 7 heteroatoms. The number of amides is 3. The van der Waals surface area contributed by atoms with Gasteiger partial charge in [-0.25, -0.2) is 9.18 Å². The molecule has 0 aliphatic carbocycles. The van der Waals surface area contributed by atoms with Crippen molar-refractivity contribution in [2.45, 2.75) is 4.90 Å². The van der Waals surface area contributed by atoms with Crippen molar-refractivity contribution in [3.8, 4) is 0 Å². The standard InChI is InChI=1S/C15H12BrFN2O2S/c16-10-5-1-4-8-13(10)22-9-14(20)19-15(21)18-12-7-3-2-6-11(12)17/h1-8H,9H2,(H2,18,19,20,21). The summed E-state index contributed by atoms with van der Waals surface area (Å²) in [7, 11) is 0. The molecule has 0 aromatic heterocycles. The Morgan fingerprint density at radius 1 is 1.09 bits per heavy atom. The number of halogens is 2. The lowest BCUT2D eigenvalue weighted by Crippen LogP contribution is -2.35. The number of nitrogens with one attached hydrogen (secondary N) is 2. The Kier molecular flexibility index (Phi) is 5.97. The lowest BCUT2D eigenvalue weighted by Gasteiger charge is -2.08. The molecule has 2 aromatic rings. The number of benzene rings is 2. The molecule has 22 heavy (non-hydrogen) atoms. The largest absolute Gasteiger partial charge is 0.325 e. The van der Waals surface area contributed by atoms with Crippen molar-refractivity contribution in [2.24, 2.45) is 0 Å². The van der Waals surface area contributed by atoms with Crippen LogP contribution in [0.2, 0.25) is 0 Å². The summed E-state index contributed by atoms with van der Waals surface area (Å²) in [5.41, 5.74) is 0.0197. The molecule has 0 unspecified atom stereocenters. The van der Waals surface area contributed by atoms with Crippen molar-refractivity contribution >= 4 is 45.3 Å². The van der Waals surface area contributed by atoms with E-state index in [9.17, 15) is 14.0 Å². The van der Waals surface area contributed by atoms with Gasteiger partial charge in [-0.1, -0.05) is 24.3 Å². The quantitative estimate of drug-likeness (QED) is 0.784. The van der Waals surface area contributed by atoms with Gasteiger partial charge in [0, 0.05) is 9.37 Å². The van der Waals surface area contributed by atoms with E-state index in [1.807, 2.05) is 24.3 Å². The third-order valence-corrected chi connectivity index (χ3v) is 4.60. The van der Waals surface area contributed by atoms with Crippen molar-refractivity contribution in [2.75, 3.05) is 11.1 Å². The Morgan fingerprint density at radius 3 is 2.50 bits per heavy atom. The highest BCUT2D eigenvalue weighted by atomic mass is 79.9. The zero-order valence-corrected chi connectivity index (χ0v) is 13.7. The average Bonchev–Trinajstić information content (AvgIpc) is 2.49. The van der Waals surface area contributed by atoms with Gasteiger partial charge in [0.2, 0.25) is 5.91 Å². The summed E-state index contributed by atoms with van der Waals surface area (Å²) in [6.45, 7) is 0. The zero-order valence-electron chi connectivity index (χ0n) is 11.3. The molecule has 2 rings (SSSR count). The van der Waals surface area contributed by atoms with Gasteiger partial charge in [-0.3, -0.25) is 10.1 Å². The SMILES string of the molecule is O=C(CSc1ccccc1Br)NC(=O)Nc1ccccc1F. The number of thioether (sulfide) groups is 1. The second kappa shape index (κ2) is 7.95. The maximum absolute atomic E-state index is 13.4. The third kappa shape index (κ3) is 4.85.